The maximum absolute atomic E-state index is 9.61. The minimum Gasteiger partial charge on any atom is -0.456 e. The number of rotatable bonds is 5. The van der Waals surface area contributed by atoms with Crippen molar-refractivity contribution >= 4 is 65.6 Å². The molecule has 6 heteroatoms. The molecule has 0 amide bonds. The van der Waals surface area contributed by atoms with Crippen LogP contribution in [0, 0.1) is 0 Å². The van der Waals surface area contributed by atoms with E-state index in [9.17, 15) is 5.48 Å². The molecule has 0 aliphatic heterocycles. The van der Waals surface area contributed by atoms with Crippen molar-refractivity contribution in [3.8, 4) is 45.5 Å². The van der Waals surface area contributed by atoms with Gasteiger partial charge in [-0.1, -0.05) is 139 Å². The van der Waals surface area contributed by atoms with Crippen molar-refractivity contribution in [2.75, 3.05) is 0 Å². The highest BCUT2D eigenvalue weighted by molar-refractivity contribution is 6.24. The van der Waals surface area contributed by atoms with E-state index in [1.54, 1.807) is 6.07 Å². The van der Waals surface area contributed by atoms with Crippen LogP contribution in [0.2, 0.25) is 0 Å². The Labute approximate surface area is 336 Å². The van der Waals surface area contributed by atoms with Crippen molar-refractivity contribution in [2.24, 2.45) is 0 Å². The summed E-state index contributed by atoms with van der Waals surface area (Å²) in [7, 11) is 0. The summed E-state index contributed by atoms with van der Waals surface area (Å²) >= 11 is 0. The van der Waals surface area contributed by atoms with Gasteiger partial charge in [0.25, 0.3) is 0 Å². The maximum Gasteiger partial charge on any atom is 0.164 e. The van der Waals surface area contributed by atoms with Crippen molar-refractivity contribution in [3.05, 3.63) is 188 Å². The SMILES string of the molecule is [2H]c1cc([2H])c2c(c1)c1c([2H])c([2H])c3c4c([2H])c([2H])cc([2H])c4n(-c4ccccc4)c3c1n2-c1ccc2oc3cccc(-c4nc(-c5ccccc5)nc(-c5ccccc5)n4)c3c2c1. The molecule has 266 valence electrons. The molecule has 0 aliphatic rings. The van der Waals surface area contributed by atoms with Gasteiger partial charge in [0.05, 0.1) is 31.7 Å². The van der Waals surface area contributed by atoms with Crippen molar-refractivity contribution in [1.82, 2.24) is 24.1 Å². The Kier molecular flexibility index (Phi) is 5.48. The summed E-state index contributed by atoms with van der Waals surface area (Å²) in [6.45, 7) is 0. The van der Waals surface area contributed by atoms with Crippen LogP contribution in [0.15, 0.2) is 192 Å². The number of hydrogen-bond donors (Lipinski definition) is 0. The van der Waals surface area contributed by atoms with E-state index in [-0.39, 0.29) is 53.1 Å². The van der Waals surface area contributed by atoms with E-state index in [0.717, 1.165) is 21.9 Å². The summed E-state index contributed by atoms with van der Waals surface area (Å²) in [5.74, 6) is 1.47. The minimum atomic E-state index is -0.176. The third kappa shape index (κ3) is 4.81. The predicted molar refractivity (Wildman–Crippen MR) is 232 cm³/mol. The molecule has 0 N–H and O–H groups in total. The molecule has 8 aromatic carbocycles. The van der Waals surface area contributed by atoms with Crippen molar-refractivity contribution < 1.29 is 14.0 Å². The van der Waals surface area contributed by atoms with E-state index in [2.05, 4.69) is 0 Å². The summed E-state index contributed by atoms with van der Waals surface area (Å²) in [5.41, 5.74) is 6.47. The normalized spacial score (nSPS) is 13.6. The van der Waals surface area contributed by atoms with E-state index < -0.39 is 0 Å². The third-order valence-corrected chi connectivity index (χ3v) is 10.6. The van der Waals surface area contributed by atoms with Crippen molar-refractivity contribution in [1.29, 1.82) is 0 Å². The zero-order valence-corrected chi connectivity index (χ0v) is 30.0. The number of para-hydroxylation sites is 3. The standard InChI is InChI=1S/C51H31N5O/c1-4-15-32(16-5-1)49-52-50(33-17-6-2-7-18-33)54-51(53-49)40-23-14-26-45-46(40)41-31-35(27-30-44(41)57-45)56-43-25-13-11-22-37(43)39-29-28-38-36-21-10-12-24-42(36)55(47(38)48(39)56)34-19-8-3-9-20-34/h1-31H/i10D,11D,21D,24D,25D,28D,29D. The first-order valence-corrected chi connectivity index (χ1v) is 18.5. The average Bonchev–Trinajstić information content (AvgIpc) is 3.99. The zero-order chi connectivity index (χ0) is 43.5. The molecule has 12 aromatic rings. The lowest BCUT2D eigenvalue weighted by Gasteiger charge is -2.13. The van der Waals surface area contributed by atoms with Crippen LogP contribution in [0.5, 0.6) is 0 Å². The van der Waals surface area contributed by atoms with Crippen LogP contribution in [0.25, 0.3) is 111 Å². The Bertz CT molecular complexity index is 3870. The molecule has 4 heterocycles. The van der Waals surface area contributed by atoms with E-state index in [1.165, 1.54) is 12.1 Å². The second-order valence-corrected chi connectivity index (χ2v) is 13.8. The van der Waals surface area contributed by atoms with Crippen molar-refractivity contribution in [2.45, 2.75) is 0 Å². The molecule has 0 bridgehead atoms. The number of fused-ring (bicyclic) bond motifs is 10. The number of hydrogen-bond acceptors (Lipinski definition) is 4. The highest BCUT2D eigenvalue weighted by Crippen LogP contribution is 2.43. The van der Waals surface area contributed by atoms with Gasteiger partial charge < -0.3 is 13.6 Å². The fourth-order valence-corrected chi connectivity index (χ4v) is 8.14. The van der Waals surface area contributed by atoms with Gasteiger partial charge in [-0.25, -0.2) is 15.0 Å². The first-order valence-electron chi connectivity index (χ1n) is 22.0. The quantitative estimate of drug-likeness (QED) is 0.176. The molecule has 0 fully saturated rings. The maximum atomic E-state index is 9.61. The second-order valence-electron chi connectivity index (χ2n) is 13.8. The molecular formula is C51H31N5O. The van der Waals surface area contributed by atoms with Gasteiger partial charge in [0.1, 0.15) is 11.2 Å². The number of benzene rings is 8. The molecule has 4 aromatic heterocycles. The third-order valence-electron chi connectivity index (χ3n) is 10.6. The molecule has 0 aliphatic carbocycles. The highest BCUT2D eigenvalue weighted by Gasteiger charge is 2.23. The summed E-state index contributed by atoms with van der Waals surface area (Å²) in [5, 5.41) is 2.76. The number of aromatic nitrogens is 5. The fraction of sp³-hybridized carbons (Fsp3) is 0. The van der Waals surface area contributed by atoms with E-state index in [0.29, 0.717) is 78.4 Å². The highest BCUT2D eigenvalue weighted by atomic mass is 16.3. The second kappa shape index (κ2) is 12.3. The Hall–Kier alpha value is -7.83. The Morgan fingerprint density at radius 1 is 0.421 bits per heavy atom. The summed E-state index contributed by atoms with van der Waals surface area (Å²) in [6, 6.07) is 44.3. The topological polar surface area (TPSA) is 61.7 Å². The van der Waals surface area contributed by atoms with Crippen LogP contribution >= 0.6 is 0 Å². The van der Waals surface area contributed by atoms with Gasteiger partial charge in [-0.2, -0.15) is 0 Å². The Morgan fingerprint density at radius 2 is 1.04 bits per heavy atom. The van der Waals surface area contributed by atoms with Crippen LogP contribution in [0.4, 0.5) is 0 Å². The molecule has 12 rings (SSSR count). The summed E-state index contributed by atoms with van der Waals surface area (Å²) in [6.07, 6.45) is 0. The lowest BCUT2D eigenvalue weighted by atomic mass is 10.0. The van der Waals surface area contributed by atoms with Crippen LogP contribution in [-0.4, -0.2) is 24.1 Å². The Balaban J connectivity index is 1.22. The fourth-order valence-electron chi connectivity index (χ4n) is 8.14. The molecule has 0 spiro atoms. The lowest BCUT2D eigenvalue weighted by molar-refractivity contribution is 0.669. The van der Waals surface area contributed by atoms with E-state index >= 15 is 0 Å². The van der Waals surface area contributed by atoms with Crippen LogP contribution < -0.4 is 0 Å². The van der Waals surface area contributed by atoms with Crippen molar-refractivity contribution in [3.63, 3.8) is 0 Å². The minimum absolute atomic E-state index is 0.00425. The monoisotopic (exact) mass is 736 g/mol. The average molecular weight is 737 g/mol. The van der Waals surface area contributed by atoms with Gasteiger partial charge in [-0.3, -0.25) is 0 Å². The van der Waals surface area contributed by atoms with Crippen LogP contribution in [0.3, 0.4) is 0 Å². The van der Waals surface area contributed by atoms with E-state index in [1.807, 2.05) is 137 Å². The summed E-state index contributed by atoms with van der Waals surface area (Å²) < 4.78 is 74.5. The molecule has 0 saturated heterocycles. The number of nitrogens with zero attached hydrogens (tertiary/aromatic N) is 5. The Morgan fingerprint density at radius 3 is 1.75 bits per heavy atom. The molecule has 0 unspecified atom stereocenters. The van der Waals surface area contributed by atoms with Gasteiger partial charge in [0.15, 0.2) is 17.5 Å². The van der Waals surface area contributed by atoms with Gasteiger partial charge in [0, 0.05) is 60.4 Å². The smallest absolute Gasteiger partial charge is 0.164 e. The molecule has 57 heavy (non-hydrogen) atoms. The lowest BCUT2D eigenvalue weighted by Crippen LogP contribution is -2.00. The molecule has 0 radical (unpaired) electrons. The molecule has 6 nitrogen and oxygen atoms in total. The first-order chi connectivity index (χ1) is 31.2. The van der Waals surface area contributed by atoms with Gasteiger partial charge >= 0.3 is 0 Å². The number of furan rings is 1. The molecule has 0 atom stereocenters. The van der Waals surface area contributed by atoms with E-state index in [4.69, 9.17) is 23.5 Å². The van der Waals surface area contributed by atoms with Gasteiger partial charge in [0.2, 0.25) is 0 Å². The molecule has 0 saturated carbocycles. The molecular weight excluding hydrogens is 699 g/mol. The largest absolute Gasteiger partial charge is 0.456 e. The zero-order valence-electron chi connectivity index (χ0n) is 37.0. The van der Waals surface area contributed by atoms with Crippen LogP contribution in [0.1, 0.15) is 9.60 Å². The first kappa shape index (κ1) is 25.3. The van der Waals surface area contributed by atoms with Gasteiger partial charge in [-0.05, 0) is 48.5 Å². The predicted octanol–water partition coefficient (Wildman–Crippen LogP) is 13.0. The van der Waals surface area contributed by atoms with Gasteiger partial charge in [-0.15, -0.1) is 0 Å². The van der Waals surface area contributed by atoms with Crippen LogP contribution in [-0.2, 0) is 0 Å². The summed E-state index contributed by atoms with van der Waals surface area (Å²) in [4.78, 5) is 15.0.